The van der Waals surface area contributed by atoms with Gasteiger partial charge in [0.1, 0.15) is 5.75 Å². The van der Waals surface area contributed by atoms with Crippen LogP contribution in [0.5, 0.6) is 5.75 Å². The molecule has 0 unspecified atom stereocenters. The lowest BCUT2D eigenvalue weighted by Crippen LogP contribution is -2.48. The zero-order chi connectivity index (χ0) is 18.6. The highest BCUT2D eigenvalue weighted by atomic mass is 32.2. The van der Waals surface area contributed by atoms with Gasteiger partial charge in [0.2, 0.25) is 0 Å². The number of carbonyl (C=O) groups excluding carboxylic acids is 1. The average Bonchev–Trinajstić information content (AvgIpc) is 2.92. The molecule has 138 valence electrons. The van der Waals surface area contributed by atoms with Crippen LogP contribution in [0.2, 0.25) is 0 Å². The van der Waals surface area contributed by atoms with Gasteiger partial charge in [0, 0.05) is 18.2 Å². The zero-order valence-electron chi connectivity index (χ0n) is 14.3. The predicted octanol–water partition coefficient (Wildman–Crippen LogP) is 1.79. The van der Waals surface area contributed by atoms with E-state index in [9.17, 15) is 23.3 Å². The van der Waals surface area contributed by atoms with Crippen molar-refractivity contribution in [3.63, 3.8) is 0 Å². The van der Waals surface area contributed by atoms with Crippen molar-refractivity contribution in [3.05, 3.63) is 34.4 Å². The number of nitrogens with zero attached hydrogens (tertiary/aromatic N) is 2. The van der Waals surface area contributed by atoms with E-state index < -0.39 is 14.8 Å². The summed E-state index contributed by atoms with van der Waals surface area (Å²) in [6.45, 7) is 3.51. The number of amides is 1. The fourth-order valence-corrected chi connectivity index (χ4v) is 4.62. The molecule has 1 aromatic rings. The summed E-state index contributed by atoms with van der Waals surface area (Å²) in [5.41, 5.74) is -0.120. The van der Waals surface area contributed by atoms with Gasteiger partial charge in [-0.15, -0.1) is 0 Å². The van der Waals surface area contributed by atoms with Crippen LogP contribution >= 0.6 is 0 Å². The van der Waals surface area contributed by atoms with E-state index in [1.165, 1.54) is 24.3 Å². The minimum absolute atomic E-state index is 0.0279. The zero-order valence-corrected chi connectivity index (χ0v) is 15.1. The lowest BCUT2D eigenvalue weighted by Gasteiger charge is -2.33. The number of benzene rings is 1. The molecule has 0 N–H and O–H groups in total. The fourth-order valence-electron chi connectivity index (χ4n) is 2.91. The third-order valence-corrected chi connectivity index (χ3v) is 6.10. The van der Waals surface area contributed by atoms with Crippen LogP contribution in [0, 0.1) is 10.1 Å². The number of nitro groups is 1. The van der Waals surface area contributed by atoms with Gasteiger partial charge in [0.05, 0.1) is 22.5 Å². The first-order valence-electron chi connectivity index (χ1n) is 8.12. The Labute approximate surface area is 146 Å². The Hall–Kier alpha value is -2.16. The SMILES string of the molecule is CC[C@H](C)N(C(=O)COc1cccc([N+](=O)[O-])c1)[C@H]1CCS(=O)(=O)C1. The Morgan fingerprint density at radius 3 is 2.76 bits per heavy atom. The molecule has 1 aromatic carbocycles. The predicted molar refractivity (Wildman–Crippen MR) is 92.2 cm³/mol. The maximum Gasteiger partial charge on any atom is 0.273 e. The molecule has 9 heteroatoms. The summed E-state index contributed by atoms with van der Waals surface area (Å²) < 4.78 is 28.9. The Morgan fingerprint density at radius 2 is 2.20 bits per heavy atom. The molecule has 0 aromatic heterocycles. The number of non-ortho nitro benzene ring substituents is 1. The van der Waals surface area contributed by atoms with Crippen LogP contribution in [-0.2, 0) is 14.6 Å². The molecule has 1 aliphatic heterocycles. The summed E-state index contributed by atoms with van der Waals surface area (Å²) in [5, 5.41) is 10.8. The van der Waals surface area contributed by atoms with Crippen molar-refractivity contribution in [2.45, 2.75) is 38.8 Å². The second kappa shape index (κ2) is 7.81. The maximum absolute atomic E-state index is 12.6. The molecule has 1 fully saturated rings. The minimum Gasteiger partial charge on any atom is -0.484 e. The van der Waals surface area contributed by atoms with Gasteiger partial charge in [0.15, 0.2) is 16.4 Å². The molecule has 0 radical (unpaired) electrons. The van der Waals surface area contributed by atoms with Crippen molar-refractivity contribution in [2.24, 2.45) is 0 Å². The topological polar surface area (TPSA) is 107 Å². The summed E-state index contributed by atoms with van der Waals surface area (Å²) in [6.07, 6.45) is 1.12. The Bertz CT molecular complexity index is 749. The molecule has 1 heterocycles. The molecule has 1 saturated heterocycles. The number of carbonyl (C=O) groups is 1. The van der Waals surface area contributed by atoms with Gasteiger partial charge in [0.25, 0.3) is 11.6 Å². The van der Waals surface area contributed by atoms with Gasteiger partial charge in [-0.25, -0.2) is 8.42 Å². The molecule has 1 aliphatic rings. The highest BCUT2D eigenvalue weighted by Crippen LogP contribution is 2.23. The number of hydrogen-bond acceptors (Lipinski definition) is 6. The van der Waals surface area contributed by atoms with Crippen molar-refractivity contribution in [1.82, 2.24) is 4.90 Å². The summed E-state index contributed by atoms with van der Waals surface area (Å²) in [5.74, 6) is -0.0302. The van der Waals surface area contributed by atoms with E-state index in [2.05, 4.69) is 0 Å². The van der Waals surface area contributed by atoms with Crippen molar-refractivity contribution in [2.75, 3.05) is 18.1 Å². The molecule has 25 heavy (non-hydrogen) atoms. The van der Waals surface area contributed by atoms with Gasteiger partial charge in [-0.3, -0.25) is 14.9 Å². The quantitative estimate of drug-likeness (QED) is 0.535. The third-order valence-electron chi connectivity index (χ3n) is 4.35. The highest BCUT2D eigenvalue weighted by molar-refractivity contribution is 7.91. The van der Waals surface area contributed by atoms with E-state index in [4.69, 9.17) is 4.74 Å². The smallest absolute Gasteiger partial charge is 0.273 e. The summed E-state index contributed by atoms with van der Waals surface area (Å²) in [6, 6.07) is 5.15. The van der Waals surface area contributed by atoms with Crippen molar-refractivity contribution >= 4 is 21.4 Å². The van der Waals surface area contributed by atoms with Crippen LogP contribution in [0.1, 0.15) is 26.7 Å². The van der Waals surface area contributed by atoms with E-state index in [0.717, 1.165) is 0 Å². The number of hydrogen-bond donors (Lipinski definition) is 0. The second-order valence-corrected chi connectivity index (χ2v) is 8.39. The number of sulfone groups is 1. The van der Waals surface area contributed by atoms with E-state index in [-0.39, 0.29) is 47.5 Å². The van der Waals surface area contributed by atoms with Crippen LogP contribution in [0.25, 0.3) is 0 Å². The summed E-state index contributed by atoms with van der Waals surface area (Å²) in [7, 11) is -3.11. The average molecular weight is 370 g/mol. The van der Waals surface area contributed by atoms with Crippen molar-refractivity contribution in [3.8, 4) is 5.75 Å². The van der Waals surface area contributed by atoms with Crippen molar-refractivity contribution < 1.29 is 22.9 Å². The van der Waals surface area contributed by atoms with Crippen LogP contribution < -0.4 is 4.74 Å². The summed E-state index contributed by atoms with van der Waals surface area (Å²) in [4.78, 5) is 24.4. The van der Waals surface area contributed by atoms with E-state index in [1.807, 2.05) is 13.8 Å². The van der Waals surface area contributed by atoms with Gasteiger partial charge < -0.3 is 9.64 Å². The highest BCUT2D eigenvalue weighted by Gasteiger charge is 2.36. The molecule has 2 atom stereocenters. The number of ether oxygens (including phenoxy) is 1. The van der Waals surface area contributed by atoms with E-state index >= 15 is 0 Å². The first kappa shape index (κ1) is 19.2. The second-order valence-electron chi connectivity index (χ2n) is 6.16. The molecule has 0 bridgehead atoms. The van der Waals surface area contributed by atoms with E-state index in [0.29, 0.717) is 12.8 Å². The minimum atomic E-state index is -3.11. The monoisotopic (exact) mass is 370 g/mol. The fraction of sp³-hybridized carbons (Fsp3) is 0.562. The molecule has 1 amide bonds. The normalized spacial score (nSPS) is 20.0. The molecule has 0 spiro atoms. The largest absolute Gasteiger partial charge is 0.484 e. The number of nitro benzene ring substituents is 1. The molecular weight excluding hydrogens is 348 g/mol. The van der Waals surface area contributed by atoms with Crippen LogP contribution in [0.3, 0.4) is 0 Å². The van der Waals surface area contributed by atoms with Crippen molar-refractivity contribution in [1.29, 1.82) is 0 Å². The van der Waals surface area contributed by atoms with Crippen LogP contribution in [-0.4, -0.2) is 54.3 Å². The standard InChI is InChI=1S/C16H22N2O6S/c1-3-12(2)17(14-7-8-25(22,23)11-14)16(19)10-24-15-6-4-5-13(9-15)18(20)21/h4-6,9,12,14H,3,7-8,10-11H2,1-2H3/t12-,14-/m0/s1. The lowest BCUT2D eigenvalue weighted by molar-refractivity contribution is -0.384. The maximum atomic E-state index is 12.6. The molecule has 8 nitrogen and oxygen atoms in total. The first-order chi connectivity index (χ1) is 11.7. The first-order valence-corrected chi connectivity index (χ1v) is 9.94. The van der Waals surface area contributed by atoms with E-state index in [1.54, 1.807) is 4.90 Å². The van der Waals surface area contributed by atoms with Crippen LogP contribution in [0.4, 0.5) is 5.69 Å². The lowest BCUT2D eigenvalue weighted by atomic mass is 10.1. The molecular formula is C16H22N2O6S. The van der Waals surface area contributed by atoms with Crippen LogP contribution in [0.15, 0.2) is 24.3 Å². The Kier molecular flexibility index (Phi) is 5.99. The molecule has 0 aliphatic carbocycles. The Balaban J connectivity index is 2.07. The third kappa shape index (κ3) is 4.91. The van der Waals surface area contributed by atoms with Gasteiger partial charge in [-0.1, -0.05) is 13.0 Å². The number of rotatable bonds is 7. The van der Waals surface area contributed by atoms with Gasteiger partial charge in [-0.2, -0.15) is 0 Å². The van der Waals surface area contributed by atoms with Gasteiger partial charge in [-0.05, 0) is 25.8 Å². The van der Waals surface area contributed by atoms with Gasteiger partial charge >= 0.3 is 0 Å². The summed E-state index contributed by atoms with van der Waals surface area (Å²) >= 11 is 0. The Morgan fingerprint density at radius 1 is 1.48 bits per heavy atom. The molecule has 2 rings (SSSR count). The molecule has 0 saturated carbocycles.